The third-order valence-corrected chi connectivity index (χ3v) is 15.2. The van der Waals surface area contributed by atoms with Crippen LogP contribution in [0, 0.1) is 11.9 Å². The first-order valence-corrected chi connectivity index (χ1v) is 21.7. The Bertz CT molecular complexity index is 2590. The van der Waals surface area contributed by atoms with Crippen LogP contribution in [0.15, 0.2) is 116 Å². The number of hydrogen-bond donors (Lipinski definition) is 2. The van der Waals surface area contributed by atoms with Crippen molar-refractivity contribution < 1.29 is 54.2 Å². The number of methoxy groups -OCH3 is 2. The number of nitrogens with zero attached hydrogens (tertiary/aromatic N) is 4. The predicted molar refractivity (Wildman–Crippen MR) is 212 cm³/mol. The summed E-state index contributed by atoms with van der Waals surface area (Å²) in [5.74, 6) is -3.68. The van der Waals surface area contributed by atoms with Gasteiger partial charge >= 0.3 is 11.9 Å². The number of carbonyl (C=O) groups is 2. The molecule has 2 N–H and O–H groups in total. The molecule has 2 unspecified atom stereocenters. The first-order chi connectivity index (χ1) is 28.7. The fraction of sp³-hybridized carbons (Fsp3) is 0.158. The quantitative estimate of drug-likeness (QED) is 0.0534. The molecule has 0 amide bonds. The van der Waals surface area contributed by atoms with Gasteiger partial charge in [0.2, 0.25) is 43.3 Å². The van der Waals surface area contributed by atoms with E-state index in [9.17, 15) is 35.2 Å². The molecule has 312 valence electrons. The summed E-state index contributed by atoms with van der Waals surface area (Å²) in [5, 5.41) is 5.51. The van der Waals surface area contributed by atoms with E-state index in [-0.39, 0.29) is 62.0 Å². The summed E-state index contributed by atoms with van der Waals surface area (Å²) in [6, 6.07) is 13.5. The predicted octanol–water partition coefficient (Wildman–Crippen LogP) is 5.46. The molecule has 6 rings (SSSR count). The molecule has 22 heteroatoms. The molecule has 0 saturated heterocycles. The van der Waals surface area contributed by atoms with Gasteiger partial charge in [-0.15, -0.1) is 22.7 Å². The summed E-state index contributed by atoms with van der Waals surface area (Å²) in [5.41, 5.74) is -0.364. The van der Waals surface area contributed by atoms with Gasteiger partial charge in [-0.2, -0.15) is 8.78 Å². The van der Waals surface area contributed by atoms with Gasteiger partial charge in [0, 0.05) is 71.3 Å². The van der Waals surface area contributed by atoms with Gasteiger partial charge in [0.15, 0.2) is 12.5 Å². The van der Waals surface area contributed by atoms with Crippen LogP contribution in [0.5, 0.6) is 11.8 Å². The van der Waals surface area contributed by atoms with Crippen molar-refractivity contribution in [3.05, 3.63) is 119 Å². The lowest BCUT2D eigenvalue weighted by molar-refractivity contribution is -0.147. The number of sulfone groups is 2. The van der Waals surface area contributed by atoms with Crippen molar-refractivity contribution in [1.82, 2.24) is 30.6 Å². The summed E-state index contributed by atoms with van der Waals surface area (Å²) in [6.45, 7) is 0. The van der Waals surface area contributed by atoms with Crippen molar-refractivity contribution in [1.29, 1.82) is 0 Å². The molecule has 0 saturated carbocycles. The Hall–Kier alpha value is -6.04. The van der Waals surface area contributed by atoms with Gasteiger partial charge in [0.05, 0.1) is 33.8 Å². The monoisotopic (exact) mass is 898 g/mol. The van der Waals surface area contributed by atoms with Crippen LogP contribution in [0.2, 0.25) is 0 Å². The van der Waals surface area contributed by atoms with Crippen LogP contribution in [0.4, 0.5) is 8.78 Å². The van der Waals surface area contributed by atoms with Crippen LogP contribution in [-0.2, 0) is 38.7 Å². The lowest BCUT2D eigenvalue weighted by Gasteiger charge is -2.15. The third-order valence-electron chi connectivity index (χ3n) is 8.34. The molecule has 0 bridgehead atoms. The lowest BCUT2D eigenvalue weighted by atomic mass is 10.1. The minimum atomic E-state index is -4.32. The SMILES string of the molecule is CNC(OC(=O)/C=C/C(=O)OC(NC)c1cc(-c2cccnc2F)c(S(=O)(=O)c2ccc(OC)nc2)s1)c1cc(-c2cccnc2F)c(S(=O)(=O)c2ccc(OC)nc2)s1. The normalized spacial score (nSPS) is 12.8. The van der Waals surface area contributed by atoms with E-state index in [4.69, 9.17) is 18.9 Å². The Morgan fingerprint density at radius 3 is 1.35 bits per heavy atom. The van der Waals surface area contributed by atoms with Gasteiger partial charge in [-0.1, -0.05) is 0 Å². The molecule has 0 fully saturated rings. The van der Waals surface area contributed by atoms with Gasteiger partial charge < -0.3 is 18.9 Å². The second-order valence-electron chi connectivity index (χ2n) is 12.0. The highest BCUT2D eigenvalue weighted by Gasteiger charge is 2.32. The van der Waals surface area contributed by atoms with Gasteiger partial charge in [0.1, 0.15) is 8.42 Å². The molecular formula is C38H32F2N6O10S4. The minimum Gasteiger partial charge on any atom is -0.481 e. The zero-order valence-corrected chi connectivity index (χ0v) is 34.9. The molecule has 0 spiro atoms. The topological polar surface area (TPSA) is 215 Å². The molecule has 0 radical (unpaired) electrons. The number of pyridine rings is 4. The molecule has 60 heavy (non-hydrogen) atoms. The highest BCUT2D eigenvalue weighted by Crippen LogP contribution is 2.43. The molecule has 0 aliphatic heterocycles. The molecule has 6 heterocycles. The number of hydrogen-bond acceptors (Lipinski definition) is 18. The van der Waals surface area contributed by atoms with Crippen molar-refractivity contribution in [2.24, 2.45) is 0 Å². The van der Waals surface area contributed by atoms with Crippen molar-refractivity contribution in [2.75, 3.05) is 28.3 Å². The fourth-order valence-corrected chi connectivity index (χ4v) is 11.6. The maximum Gasteiger partial charge on any atom is 0.332 e. The van der Waals surface area contributed by atoms with Crippen LogP contribution in [-0.4, -0.2) is 77.0 Å². The van der Waals surface area contributed by atoms with Crippen molar-refractivity contribution in [2.45, 2.75) is 30.7 Å². The number of aromatic nitrogens is 4. The molecular weight excluding hydrogens is 867 g/mol. The molecule has 0 aliphatic carbocycles. The van der Waals surface area contributed by atoms with E-state index in [2.05, 4.69) is 30.6 Å². The molecule has 2 atom stereocenters. The van der Waals surface area contributed by atoms with E-state index in [1.807, 2.05) is 0 Å². The second-order valence-corrected chi connectivity index (χ2v) is 18.5. The number of nitrogens with one attached hydrogen (secondary N) is 2. The zero-order chi connectivity index (χ0) is 43.2. The van der Waals surface area contributed by atoms with E-state index < -0.39 is 56.0 Å². The van der Waals surface area contributed by atoms with E-state index >= 15 is 0 Å². The van der Waals surface area contributed by atoms with Crippen LogP contribution in [0.3, 0.4) is 0 Å². The summed E-state index contributed by atoms with van der Waals surface area (Å²) in [4.78, 5) is 41.2. The van der Waals surface area contributed by atoms with E-state index in [0.29, 0.717) is 22.7 Å². The highest BCUT2D eigenvalue weighted by molar-refractivity contribution is 7.94. The van der Waals surface area contributed by atoms with E-state index in [0.717, 1.165) is 24.5 Å². The molecule has 6 aromatic heterocycles. The second kappa shape index (κ2) is 18.5. The Kier molecular flexibility index (Phi) is 13.4. The Morgan fingerprint density at radius 1 is 0.633 bits per heavy atom. The van der Waals surface area contributed by atoms with Crippen LogP contribution >= 0.6 is 22.7 Å². The van der Waals surface area contributed by atoms with Crippen LogP contribution in [0.25, 0.3) is 22.3 Å². The summed E-state index contributed by atoms with van der Waals surface area (Å²) in [6.07, 6.45) is 3.52. The molecule has 6 aromatic rings. The zero-order valence-electron chi connectivity index (χ0n) is 31.7. The van der Waals surface area contributed by atoms with Crippen LogP contribution < -0.4 is 20.1 Å². The molecule has 16 nitrogen and oxygen atoms in total. The Morgan fingerprint density at radius 2 is 1.03 bits per heavy atom. The number of carbonyl (C=O) groups excluding carboxylic acids is 2. The lowest BCUT2D eigenvalue weighted by Crippen LogP contribution is -2.22. The van der Waals surface area contributed by atoms with Gasteiger partial charge in [-0.25, -0.2) is 46.4 Å². The van der Waals surface area contributed by atoms with Gasteiger partial charge in [-0.05, 0) is 62.6 Å². The smallest absolute Gasteiger partial charge is 0.332 e. The molecule has 0 aliphatic rings. The number of thiophene rings is 2. The Labute approximate surface area is 349 Å². The fourth-order valence-electron chi connectivity index (χ4n) is 5.46. The van der Waals surface area contributed by atoms with Gasteiger partial charge in [0.25, 0.3) is 0 Å². The number of ether oxygens (including phenoxy) is 4. The minimum absolute atomic E-state index is 0.0513. The summed E-state index contributed by atoms with van der Waals surface area (Å²) in [7, 11) is -3.06. The number of rotatable bonds is 16. The maximum absolute atomic E-state index is 15.0. The van der Waals surface area contributed by atoms with Crippen molar-refractivity contribution in [3.63, 3.8) is 0 Å². The third kappa shape index (κ3) is 9.22. The molecule has 0 aromatic carbocycles. The Balaban J connectivity index is 1.23. The largest absolute Gasteiger partial charge is 0.481 e. The first kappa shape index (κ1) is 43.5. The van der Waals surface area contributed by atoms with Gasteiger partial charge in [-0.3, -0.25) is 10.6 Å². The van der Waals surface area contributed by atoms with Crippen LogP contribution in [0.1, 0.15) is 22.2 Å². The van der Waals surface area contributed by atoms with Crippen molar-refractivity contribution >= 4 is 54.3 Å². The van der Waals surface area contributed by atoms with E-state index in [1.165, 1.54) is 101 Å². The average molecular weight is 899 g/mol. The number of esters is 2. The first-order valence-electron chi connectivity index (χ1n) is 17.1. The summed E-state index contributed by atoms with van der Waals surface area (Å²) < 4.78 is 106. The standard InChI is InChI=1S/C38H32F2N6O10S4/c1-41-35(27-17-25(23-7-5-15-43-33(23)39)37(57-27)59(49,50)21-9-11-29(53-3)45-19-21)55-31(47)13-14-32(48)56-36(42-2)28-18-26(24-8-6-16-44-34(24)40)38(58-28)60(51,52)22-10-12-30(54-4)46-20-22/h5-20,35-36,41-42H,1-4H3/b14-13+. The number of halogens is 2. The average Bonchev–Trinajstić information content (AvgIpc) is 3.91. The van der Waals surface area contributed by atoms with E-state index in [1.54, 1.807) is 0 Å². The maximum atomic E-state index is 15.0. The highest BCUT2D eigenvalue weighted by atomic mass is 32.2. The summed E-state index contributed by atoms with van der Waals surface area (Å²) >= 11 is 1.41. The van der Waals surface area contributed by atoms with Crippen molar-refractivity contribution in [3.8, 4) is 34.0 Å².